The van der Waals surface area contributed by atoms with Gasteiger partial charge in [-0.1, -0.05) is 37.0 Å². The predicted octanol–water partition coefficient (Wildman–Crippen LogP) is 4.72. The van der Waals surface area contributed by atoms with Crippen LogP contribution in [0.5, 0.6) is 5.75 Å². The zero-order chi connectivity index (χ0) is 22.1. The van der Waals surface area contributed by atoms with Gasteiger partial charge in [-0.05, 0) is 43.4 Å². The number of benzene rings is 2. The maximum absolute atomic E-state index is 12.5. The lowest BCUT2D eigenvalue weighted by Gasteiger charge is -2.18. The van der Waals surface area contributed by atoms with Crippen LogP contribution in [-0.2, 0) is 0 Å². The average Bonchev–Trinajstić information content (AvgIpc) is 2.73. The van der Waals surface area contributed by atoms with Gasteiger partial charge in [-0.3, -0.25) is 4.79 Å². The second-order valence-electron chi connectivity index (χ2n) is 6.41. The summed E-state index contributed by atoms with van der Waals surface area (Å²) >= 11 is 11.8. The highest BCUT2D eigenvalue weighted by Gasteiger charge is 2.14. The third-order valence-corrected chi connectivity index (χ3v) is 5.23. The second kappa shape index (κ2) is 11.6. The van der Waals surface area contributed by atoms with Crippen LogP contribution >= 0.6 is 23.2 Å². The molecule has 0 saturated carbocycles. The van der Waals surface area contributed by atoms with Gasteiger partial charge in [0.25, 0.3) is 5.91 Å². The molecule has 162 valence electrons. The van der Waals surface area contributed by atoms with E-state index in [-0.39, 0.29) is 5.91 Å². The minimum atomic E-state index is -0.466. The number of hydrogen-bond acceptors (Lipinski definition) is 4. The van der Waals surface area contributed by atoms with Gasteiger partial charge in [-0.25, -0.2) is 4.79 Å². The highest BCUT2D eigenvalue weighted by atomic mass is 35.5. The normalized spacial score (nSPS) is 10.6. The molecule has 9 heteroatoms. The second-order valence-corrected chi connectivity index (χ2v) is 7.22. The first kappa shape index (κ1) is 23.8. The number of urea groups is 1. The summed E-state index contributed by atoms with van der Waals surface area (Å²) in [7, 11) is 1.47. The van der Waals surface area contributed by atoms with Crippen molar-refractivity contribution in [2.45, 2.75) is 13.8 Å². The zero-order valence-electron chi connectivity index (χ0n) is 17.2. The molecule has 0 unspecified atom stereocenters. The van der Waals surface area contributed by atoms with Crippen molar-refractivity contribution in [3.63, 3.8) is 0 Å². The van der Waals surface area contributed by atoms with Crippen molar-refractivity contribution in [1.29, 1.82) is 0 Å². The highest BCUT2D eigenvalue weighted by molar-refractivity contribution is 6.42. The summed E-state index contributed by atoms with van der Waals surface area (Å²) in [4.78, 5) is 26.9. The number of ether oxygens (including phenoxy) is 1. The molecule has 0 bridgehead atoms. The van der Waals surface area contributed by atoms with E-state index in [0.29, 0.717) is 39.3 Å². The Hall–Kier alpha value is -2.48. The number of carbonyl (C=O) groups is 2. The summed E-state index contributed by atoms with van der Waals surface area (Å²) in [5, 5.41) is 8.99. The number of nitrogens with zero attached hydrogens (tertiary/aromatic N) is 1. The lowest BCUT2D eigenvalue weighted by atomic mass is 10.1. The number of methoxy groups -OCH3 is 1. The van der Waals surface area contributed by atoms with Crippen LogP contribution in [0.4, 0.5) is 16.2 Å². The van der Waals surface area contributed by atoms with E-state index in [1.165, 1.54) is 7.11 Å². The number of carbonyl (C=O) groups excluding carboxylic acids is 2. The van der Waals surface area contributed by atoms with Crippen LogP contribution in [0, 0.1) is 0 Å². The van der Waals surface area contributed by atoms with Crippen molar-refractivity contribution < 1.29 is 14.3 Å². The van der Waals surface area contributed by atoms with Crippen molar-refractivity contribution in [2.24, 2.45) is 0 Å². The molecule has 3 N–H and O–H groups in total. The number of rotatable bonds is 9. The molecular formula is C21H26Cl2N4O3. The lowest BCUT2D eigenvalue weighted by molar-refractivity contribution is 0.0946. The molecule has 0 atom stereocenters. The van der Waals surface area contributed by atoms with E-state index < -0.39 is 6.03 Å². The van der Waals surface area contributed by atoms with Gasteiger partial charge in [0.05, 0.1) is 22.7 Å². The third kappa shape index (κ3) is 6.79. The molecule has 0 spiro atoms. The molecular weight excluding hydrogens is 427 g/mol. The SMILES string of the molecule is CCN(CC)CCNC(=O)c1ccc(NC(=O)Nc2ccc(Cl)c(Cl)c2)cc1OC. The van der Waals surface area contributed by atoms with Crippen molar-refractivity contribution >= 4 is 46.5 Å². The van der Waals surface area contributed by atoms with Gasteiger partial charge in [0.2, 0.25) is 0 Å². The molecule has 0 fully saturated rings. The molecule has 3 amide bonds. The molecule has 0 aliphatic carbocycles. The van der Waals surface area contributed by atoms with Gasteiger partial charge in [-0.15, -0.1) is 0 Å². The van der Waals surface area contributed by atoms with Crippen LogP contribution < -0.4 is 20.7 Å². The van der Waals surface area contributed by atoms with Gasteiger partial charge < -0.3 is 25.6 Å². The van der Waals surface area contributed by atoms with Crippen LogP contribution in [0.15, 0.2) is 36.4 Å². The average molecular weight is 453 g/mol. The van der Waals surface area contributed by atoms with Gasteiger partial charge in [0.1, 0.15) is 5.75 Å². The van der Waals surface area contributed by atoms with E-state index in [9.17, 15) is 9.59 Å². The van der Waals surface area contributed by atoms with E-state index in [4.69, 9.17) is 27.9 Å². The fourth-order valence-corrected chi connectivity index (χ4v) is 3.08. The molecule has 2 rings (SSSR count). The van der Waals surface area contributed by atoms with Crippen molar-refractivity contribution in [3.8, 4) is 5.75 Å². The van der Waals surface area contributed by atoms with Gasteiger partial charge in [-0.2, -0.15) is 0 Å². The minimum Gasteiger partial charge on any atom is -0.496 e. The Morgan fingerprint density at radius 2 is 1.60 bits per heavy atom. The first-order valence-electron chi connectivity index (χ1n) is 9.59. The minimum absolute atomic E-state index is 0.231. The fourth-order valence-electron chi connectivity index (χ4n) is 2.79. The predicted molar refractivity (Wildman–Crippen MR) is 122 cm³/mol. The van der Waals surface area contributed by atoms with Crippen molar-refractivity contribution in [1.82, 2.24) is 10.2 Å². The first-order chi connectivity index (χ1) is 14.4. The zero-order valence-corrected chi connectivity index (χ0v) is 18.7. The van der Waals surface area contributed by atoms with Crippen LogP contribution in [0.2, 0.25) is 10.0 Å². The smallest absolute Gasteiger partial charge is 0.323 e. The maximum atomic E-state index is 12.5. The summed E-state index contributed by atoms with van der Waals surface area (Å²) in [6, 6.07) is 9.16. The highest BCUT2D eigenvalue weighted by Crippen LogP contribution is 2.26. The van der Waals surface area contributed by atoms with E-state index >= 15 is 0 Å². The Morgan fingerprint density at radius 1 is 0.967 bits per heavy atom. The van der Waals surface area contributed by atoms with Crippen molar-refractivity contribution in [2.75, 3.05) is 43.9 Å². The molecule has 0 radical (unpaired) electrons. The molecule has 0 heterocycles. The Morgan fingerprint density at radius 3 is 2.20 bits per heavy atom. The molecule has 2 aromatic rings. The molecule has 0 aromatic heterocycles. The molecule has 0 saturated heterocycles. The quantitative estimate of drug-likeness (QED) is 0.513. The van der Waals surface area contributed by atoms with Crippen LogP contribution in [0.25, 0.3) is 0 Å². The first-order valence-corrected chi connectivity index (χ1v) is 10.3. The molecule has 30 heavy (non-hydrogen) atoms. The number of anilines is 2. The topological polar surface area (TPSA) is 82.7 Å². The third-order valence-electron chi connectivity index (χ3n) is 4.49. The van der Waals surface area contributed by atoms with Crippen LogP contribution in [-0.4, -0.2) is 50.1 Å². The molecule has 0 aliphatic rings. The van der Waals surface area contributed by atoms with Gasteiger partial charge >= 0.3 is 6.03 Å². The summed E-state index contributed by atoms with van der Waals surface area (Å²) in [6.07, 6.45) is 0. The van der Waals surface area contributed by atoms with E-state index in [0.717, 1.165) is 19.6 Å². The van der Waals surface area contributed by atoms with Crippen LogP contribution in [0.1, 0.15) is 24.2 Å². The van der Waals surface area contributed by atoms with Crippen LogP contribution in [0.3, 0.4) is 0 Å². The van der Waals surface area contributed by atoms with E-state index in [1.54, 1.807) is 36.4 Å². The lowest BCUT2D eigenvalue weighted by Crippen LogP contribution is -2.34. The Balaban J connectivity index is 1.99. The summed E-state index contributed by atoms with van der Waals surface area (Å²) in [5.41, 5.74) is 1.37. The summed E-state index contributed by atoms with van der Waals surface area (Å²) < 4.78 is 5.33. The summed E-state index contributed by atoms with van der Waals surface area (Å²) in [6.45, 7) is 7.33. The molecule has 0 aliphatic heterocycles. The van der Waals surface area contributed by atoms with E-state index in [2.05, 4.69) is 34.7 Å². The number of amides is 3. The summed E-state index contributed by atoms with van der Waals surface area (Å²) in [5.74, 6) is 0.133. The molecule has 7 nitrogen and oxygen atoms in total. The fraction of sp³-hybridized carbons (Fsp3) is 0.333. The number of nitrogens with one attached hydrogen (secondary N) is 3. The van der Waals surface area contributed by atoms with Gasteiger partial charge in [0.15, 0.2) is 0 Å². The number of likely N-dealkylation sites (N-methyl/N-ethyl adjacent to an activating group) is 1. The Bertz CT molecular complexity index is 889. The monoisotopic (exact) mass is 452 g/mol. The standard InChI is InChI=1S/C21H26Cl2N4O3/c1-4-27(5-2)11-10-24-20(28)16-8-6-15(13-19(16)30-3)26-21(29)25-14-7-9-17(22)18(23)12-14/h6-9,12-13H,4-5,10-11H2,1-3H3,(H,24,28)(H2,25,26,29). The van der Waals surface area contributed by atoms with Gasteiger partial charge in [0, 0.05) is 30.5 Å². The number of halogens is 2. The molecule has 2 aromatic carbocycles. The number of hydrogen-bond donors (Lipinski definition) is 3. The van der Waals surface area contributed by atoms with E-state index in [1.807, 2.05) is 0 Å². The van der Waals surface area contributed by atoms with Crippen molar-refractivity contribution in [3.05, 3.63) is 52.0 Å². The Labute approximate surface area is 186 Å². The largest absolute Gasteiger partial charge is 0.496 e. The Kier molecular flexibility index (Phi) is 9.23. The maximum Gasteiger partial charge on any atom is 0.323 e.